The van der Waals surface area contributed by atoms with Crippen molar-refractivity contribution in [3.8, 4) is 0 Å². The molecule has 1 heterocycles. The number of nitrogens with zero attached hydrogens (tertiary/aromatic N) is 1. The van der Waals surface area contributed by atoms with Gasteiger partial charge < -0.3 is 16.0 Å². The highest BCUT2D eigenvalue weighted by molar-refractivity contribution is 5.85. The number of rotatable bonds is 4. The fourth-order valence-corrected chi connectivity index (χ4v) is 2.26. The SMILES string of the molecule is Cl.NCC(=O)N1CCCC(C(=O)NCC2CC2)C1. The van der Waals surface area contributed by atoms with E-state index in [4.69, 9.17) is 5.73 Å². The van der Waals surface area contributed by atoms with Crippen LogP contribution in [0.15, 0.2) is 0 Å². The Morgan fingerprint density at radius 3 is 2.61 bits per heavy atom. The standard InChI is InChI=1S/C12H21N3O2.ClH/c13-6-11(16)15-5-1-2-10(8-15)12(17)14-7-9-3-4-9;/h9-10H,1-8,13H2,(H,14,17);1H. The van der Waals surface area contributed by atoms with Gasteiger partial charge in [-0.1, -0.05) is 0 Å². The number of amides is 2. The van der Waals surface area contributed by atoms with Crippen LogP contribution in [0.5, 0.6) is 0 Å². The molecule has 2 amide bonds. The van der Waals surface area contributed by atoms with Crippen molar-refractivity contribution in [2.45, 2.75) is 25.7 Å². The van der Waals surface area contributed by atoms with Gasteiger partial charge in [-0.25, -0.2) is 0 Å². The van der Waals surface area contributed by atoms with E-state index >= 15 is 0 Å². The summed E-state index contributed by atoms with van der Waals surface area (Å²) in [5.74, 6) is 0.707. The first-order valence-corrected chi connectivity index (χ1v) is 6.46. The molecule has 0 aromatic carbocycles. The minimum absolute atomic E-state index is 0. The average Bonchev–Trinajstić information content (AvgIpc) is 3.19. The lowest BCUT2D eigenvalue weighted by Gasteiger charge is -2.31. The monoisotopic (exact) mass is 275 g/mol. The first-order chi connectivity index (χ1) is 8.20. The second-order valence-corrected chi connectivity index (χ2v) is 5.07. The molecule has 1 atom stereocenters. The molecule has 2 rings (SSSR count). The van der Waals surface area contributed by atoms with Crippen molar-refractivity contribution in [3.05, 3.63) is 0 Å². The van der Waals surface area contributed by atoms with Gasteiger partial charge in [0.1, 0.15) is 0 Å². The van der Waals surface area contributed by atoms with Crippen molar-refractivity contribution < 1.29 is 9.59 Å². The molecule has 2 fully saturated rings. The highest BCUT2D eigenvalue weighted by Crippen LogP contribution is 2.27. The van der Waals surface area contributed by atoms with E-state index in [1.54, 1.807) is 4.90 Å². The molecule has 0 spiro atoms. The van der Waals surface area contributed by atoms with Crippen LogP contribution in [0.25, 0.3) is 0 Å². The van der Waals surface area contributed by atoms with Gasteiger partial charge in [-0.3, -0.25) is 9.59 Å². The lowest BCUT2D eigenvalue weighted by molar-refractivity contribution is -0.134. The molecule has 5 nitrogen and oxygen atoms in total. The number of halogens is 1. The van der Waals surface area contributed by atoms with Gasteiger partial charge in [0.25, 0.3) is 0 Å². The molecule has 1 aliphatic heterocycles. The Labute approximate surface area is 114 Å². The van der Waals surface area contributed by atoms with Crippen molar-refractivity contribution in [2.24, 2.45) is 17.6 Å². The van der Waals surface area contributed by atoms with Crippen LogP contribution in [0.3, 0.4) is 0 Å². The third-order valence-electron chi connectivity index (χ3n) is 3.58. The Kier molecular flexibility index (Phi) is 5.88. The number of carbonyl (C=O) groups is 2. The van der Waals surface area contributed by atoms with Crippen LogP contribution in [0.1, 0.15) is 25.7 Å². The van der Waals surface area contributed by atoms with E-state index in [9.17, 15) is 9.59 Å². The molecule has 0 bridgehead atoms. The summed E-state index contributed by atoms with van der Waals surface area (Å²) in [7, 11) is 0. The topological polar surface area (TPSA) is 75.4 Å². The molecule has 3 N–H and O–H groups in total. The van der Waals surface area contributed by atoms with Crippen molar-refractivity contribution >= 4 is 24.2 Å². The van der Waals surface area contributed by atoms with Crippen LogP contribution < -0.4 is 11.1 Å². The van der Waals surface area contributed by atoms with Crippen LogP contribution in [-0.4, -0.2) is 42.9 Å². The van der Waals surface area contributed by atoms with E-state index in [2.05, 4.69) is 5.32 Å². The van der Waals surface area contributed by atoms with Crippen molar-refractivity contribution in [2.75, 3.05) is 26.2 Å². The third kappa shape index (κ3) is 4.14. The lowest BCUT2D eigenvalue weighted by atomic mass is 9.97. The Hall–Kier alpha value is -0.810. The predicted octanol–water partition coefficient (Wildman–Crippen LogP) is 0.132. The molecule has 0 aromatic rings. The first-order valence-electron chi connectivity index (χ1n) is 6.46. The normalized spacial score (nSPS) is 23.2. The zero-order valence-electron chi connectivity index (χ0n) is 10.6. The Bertz CT molecular complexity index is 308. The summed E-state index contributed by atoms with van der Waals surface area (Å²) in [4.78, 5) is 25.1. The maximum Gasteiger partial charge on any atom is 0.236 e. The summed E-state index contributed by atoms with van der Waals surface area (Å²) in [5, 5.41) is 2.98. The molecule has 6 heteroatoms. The Morgan fingerprint density at radius 1 is 1.28 bits per heavy atom. The molecule has 1 aliphatic carbocycles. The van der Waals surface area contributed by atoms with Crippen LogP contribution in [0.4, 0.5) is 0 Å². The molecule has 1 saturated carbocycles. The largest absolute Gasteiger partial charge is 0.356 e. The van der Waals surface area contributed by atoms with Gasteiger partial charge in [-0.05, 0) is 31.6 Å². The summed E-state index contributed by atoms with van der Waals surface area (Å²) in [5.41, 5.74) is 5.34. The minimum atomic E-state index is -0.0512. The van der Waals surface area contributed by atoms with Gasteiger partial charge >= 0.3 is 0 Å². The molecule has 0 radical (unpaired) electrons. The summed E-state index contributed by atoms with van der Waals surface area (Å²) < 4.78 is 0. The minimum Gasteiger partial charge on any atom is -0.356 e. The van der Waals surface area contributed by atoms with E-state index < -0.39 is 0 Å². The highest BCUT2D eigenvalue weighted by Gasteiger charge is 2.29. The lowest BCUT2D eigenvalue weighted by Crippen LogP contribution is -2.47. The van der Waals surface area contributed by atoms with Gasteiger partial charge in [-0.2, -0.15) is 0 Å². The van der Waals surface area contributed by atoms with Gasteiger partial charge in [0.05, 0.1) is 12.5 Å². The highest BCUT2D eigenvalue weighted by atomic mass is 35.5. The number of hydrogen-bond donors (Lipinski definition) is 2. The van der Waals surface area contributed by atoms with Gasteiger partial charge in [-0.15, -0.1) is 12.4 Å². The molecule has 0 aromatic heterocycles. The van der Waals surface area contributed by atoms with Gasteiger partial charge in [0.2, 0.25) is 11.8 Å². The van der Waals surface area contributed by atoms with Crippen LogP contribution in [0, 0.1) is 11.8 Å². The van der Waals surface area contributed by atoms with Crippen molar-refractivity contribution in [1.82, 2.24) is 10.2 Å². The summed E-state index contributed by atoms with van der Waals surface area (Å²) in [6, 6.07) is 0. The summed E-state index contributed by atoms with van der Waals surface area (Å²) >= 11 is 0. The number of piperidine rings is 1. The molecule has 1 unspecified atom stereocenters. The fraction of sp³-hybridized carbons (Fsp3) is 0.833. The van der Waals surface area contributed by atoms with Crippen molar-refractivity contribution in [3.63, 3.8) is 0 Å². The summed E-state index contributed by atoms with van der Waals surface area (Å²) in [6.07, 6.45) is 4.25. The molecule has 104 valence electrons. The average molecular weight is 276 g/mol. The van der Waals surface area contributed by atoms with E-state index in [0.29, 0.717) is 12.5 Å². The Morgan fingerprint density at radius 2 is 2.00 bits per heavy atom. The summed E-state index contributed by atoms with van der Waals surface area (Å²) in [6.45, 7) is 2.12. The van der Waals surface area contributed by atoms with Crippen LogP contribution in [-0.2, 0) is 9.59 Å². The zero-order chi connectivity index (χ0) is 12.3. The predicted molar refractivity (Wildman–Crippen MR) is 71.3 cm³/mol. The molecule has 2 aliphatic rings. The second kappa shape index (κ2) is 6.95. The van der Waals surface area contributed by atoms with E-state index in [0.717, 1.165) is 25.9 Å². The maximum absolute atomic E-state index is 11.9. The Balaban J connectivity index is 0.00000162. The van der Waals surface area contributed by atoms with E-state index in [1.807, 2.05) is 0 Å². The number of nitrogens with two attached hydrogens (primary N) is 1. The third-order valence-corrected chi connectivity index (χ3v) is 3.58. The number of carbonyl (C=O) groups excluding carboxylic acids is 2. The number of hydrogen-bond acceptors (Lipinski definition) is 3. The number of nitrogens with one attached hydrogen (secondary N) is 1. The molecular formula is C12H22ClN3O2. The zero-order valence-corrected chi connectivity index (χ0v) is 11.4. The second-order valence-electron chi connectivity index (χ2n) is 5.07. The van der Waals surface area contributed by atoms with Crippen LogP contribution in [0.2, 0.25) is 0 Å². The quantitative estimate of drug-likeness (QED) is 0.766. The van der Waals surface area contributed by atoms with Crippen LogP contribution >= 0.6 is 12.4 Å². The van der Waals surface area contributed by atoms with Gasteiger partial charge in [0, 0.05) is 19.6 Å². The fourth-order valence-electron chi connectivity index (χ4n) is 2.26. The smallest absolute Gasteiger partial charge is 0.236 e. The molecule has 1 saturated heterocycles. The van der Waals surface area contributed by atoms with Gasteiger partial charge in [0.15, 0.2) is 0 Å². The number of likely N-dealkylation sites (tertiary alicyclic amines) is 1. The van der Waals surface area contributed by atoms with E-state index in [-0.39, 0.29) is 36.7 Å². The van der Waals surface area contributed by atoms with Crippen molar-refractivity contribution in [1.29, 1.82) is 0 Å². The molecular weight excluding hydrogens is 254 g/mol. The maximum atomic E-state index is 11.9. The first kappa shape index (κ1) is 15.2. The molecule has 18 heavy (non-hydrogen) atoms. The van der Waals surface area contributed by atoms with E-state index in [1.165, 1.54) is 12.8 Å².